The molecule has 0 spiro atoms. The van der Waals surface area contributed by atoms with Crippen LogP contribution in [0.25, 0.3) is 0 Å². The average molecular weight is 197 g/mol. The Kier molecular flexibility index (Phi) is 2.02. The molecule has 68 valence electrons. The first-order valence-electron chi connectivity index (χ1n) is 3.66. The summed E-state index contributed by atoms with van der Waals surface area (Å²) in [4.78, 5) is 10.5. The first-order chi connectivity index (χ1) is 6.27. The number of hydrogen-bond acceptors (Lipinski definition) is 4. The van der Waals surface area contributed by atoms with E-state index in [0.29, 0.717) is 0 Å². The molecule has 2 N–H and O–H groups in total. The Balaban J connectivity index is 2.07. The normalized spacial score (nSPS) is 20.9. The molecule has 1 aliphatic rings. The van der Waals surface area contributed by atoms with Crippen molar-refractivity contribution in [1.29, 1.82) is 0 Å². The Morgan fingerprint density at radius 3 is 3.08 bits per heavy atom. The zero-order chi connectivity index (χ0) is 9.26. The Morgan fingerprint density at radius 2 is 2.54 bits per heavy atom. The Bertz CT molecular complexity index is 344. The fraction of sp³-hybridized carbons (Fsp3) is 0.125. The number of hydrogen-bond donors (Lipinski definition) is 2. The van der Waals surface area contributed by atoms with Crippen LogP contribution in [0, 0.1) is 0 Å². The molecular weight excluding hydrogens is 190 g/mol. The van der Waals surface area contributed by atoms with E-state index in [0.717, 1.165) is 5.76 Å². The van der Waals surface area contributed by atoms with E-state index in [-0.39, 0.29) is 11.1 Å². The Morgan fingerprint density at radius 1 is 1.69 bits per heavy atom. The third kappa shape index (κ3) is 1.55. The summed E-state index contributed by atoms with van der Waals surface area (Å²) in [5.74, 6) is -0.209. The highest BCUT2D eigenvalue weighted by Gasteiger charge is 2.23. The van der Waals surface area contributed by atoms with Crippen LogP contribution in [0.2, 0.25) is 0 Å². The number of thioether (sulfide) groups is 1. The van der Waals surface area contributed by atoms with Gasteiger partial charge in [0.2, 0.25) is 0 Å². The van der Waals surface area contributed by atoms with Gasteiger partial charge in [0.15, 0.2) is 0 Å². The summed E-state index contributed by atoms with van der Waals surface area (Å²) in [6.07, 6.45) is 1.57. The van der Waals surface area contributed by atoms with Crippen LogP contribution >= 0.6 is 11.8 Å². The van der Waals surface area contributed by atoms with Crippen molar-refractivity contribution < 1.29 is 14.3 Å². The van der Waals surface area contributed by atoms with E-state index < -0.39 is 5.97 Å². The average Bonchev–Trinajstić information content (AvgIpc) is 2.75. The first kappa shape index (κ1) is 8.25. The van der Waals surface area contributed by atoms with Gasteiger partial charge in [-0.2, -0.15) is 0 Å². The van der Waals surface area contributed by atoms with Gasteiger partial charge in [0.1, 0.15) is 16.8 Å². The summed E-state index contributed by atoms with van der Waals surface area (Å²) in [7, 11) is 0. The number of aliphatic carboxylic acids is 1. The molecule has 0 saturated carbocycles. The van der Waals surface area contributed by atoms with Crippen molar-refractivity contribution in [2.45, 2.75) is 5.37 Å². The van der Waals surface area contributed by atoms with Gasteiger partial charge in [-0.15, -0.1) is 0 Å². The van der Waals surface area contributed by atoms with E-state index in [4.69, 9.17) is 9.52 Å². The monoisotopic (exact) mass is 197 g/mol. The molecule has 5 heteroatoms. The van der Waals surface area contributed by atoms with Gasteiger partial charge in [0, 0.05) is 5.41 Å². The number of carboxylic acid groups (broad SMARTS) is 1. The molecule has 0 saturated heterocycles. The molecule has 0 aromatic carbocycles. The van der Waals surface area contributed by atoms with Crippen LogP contribution in [-0.4, -0.2) is 11.1 Å². The predicted octanol–water partition coefficient (Wildman–Crippen LogP) is 1.54. The Labute approximate surface area is 78.6 Å². The van der Waals surface area contributed by atoms with Crippen LogP contribution in [0.5, 0.6) is 0 Å². The largest absolute Gasteiger partial charge is 0.477 e. The van der Waals surface area contributed by atoms with Gasteiger partial charge in [-0.3, -0.25) is 0 Å². The minimum absolute atomic E-state index is 0.110. The SMILES string of the molecule is O=C(O)C1=CSC(c2ccco2)N1. The zero-order valence-corrected chi connectivity index (χ0v) is 7.38. The van der Waals surface area contributed by atoms with Crippen molar-refractivity contribution >= 4 is 17.7 Å². The number of rotatable bonds is 2. The fourth-order valence-electron chi connectivity index (χ4n) is 1.04. The van der Waals surface area contributed by atoms with Crippen molar-refractivity contribution in [1.82, 2.24) is 5.32 Å². The second-order valence-corrected chi connectivity index (χ2v) is 3.49. The van der Waals surface area contributed by atoms with Crippen molar-refractivity contribution in [2.75, 3.05) is 0 Å². The summed E-state index contributed by atoms with van der Waals surface area (Å²) < 4.78 is 5.14. The standard InChI is InChI=1S/C8H7NO3S/c10-8(11)5-4-13-7(9-5)6-2-1-3-12-6/h1-4,7,9H,(H,10,11). The number of carboxylic acids is 1. The van der Waals surface area contributed by atoms with Gasteiger partial charge in [-0.25, -0.2) is 4.79 Å². The van der Waals surface area contributed by atoms with Crippen LogP contribution in [0.1, 0.15) is 11.1 Å². The van der Waals surface area contributed by atoms with Crippen LogP contribution in [0.15, 0.2) is 33.9 Å². The van der Waals surface area contributed by atoms with Crippen LogP contribution in [0.3, 0.4) is 0 Å². The summed E-state index contributed by atoms with van der Waals surface area (Å²) in [5.41, 5.74) is 0.214. The van der Waals surface area contributed by atoms with E-state index in [9.17, 15) is 4.79 Å². The molecule has 1 aliphatic heterocycles. The second kappa shape index (κ2) is 3.18. The minimum Gasteiger partial charge on any atom is -0.477 e. The van der Waals surface area contributed by atoms with Gasteiger partial charge >= 0.3 is 5.97 Å². The molecular formula is C8H7NO3S. The van der Waals surface area contributed by atoms with Gasteiger partial charge < -0.3 is 14.8 Å². The molecule has 1 aromatic heterocycles. The molecule has 0 aliphatic carbocycles. The molecule has 1 atom stereocenters. The van der Waals surface area contributed by atoms with E-state index in [1.54, 1.807) is 17.7 Å². The third-order valence-corrected chi connectivity index (χ3v) is 2.63. The number of furan rings is 1. The Hall–Kier alpha value is -1.36. The van der Waals surface area contributed by atoms with Crippen molar-refractivity contribution in [3.8, 4) is 0 Å². The lowest BCUT2D eigenvalue weighted by atomic mass is 10.4. The molecule has 0 radical (unpaired) electrons. The maximum absolute atomic E-state index is 10.5. The fourth-order valence-corrected chi connectivity index (χ4v) is 1.94. The molecule has 13 heavy (non-hydrogen) atoms. The summed E-state index contributed by atoms with van der Waals surface area (Å²) in [6.45, 7) is 0. The summed E-state index contributed by atoms with van der Waals surface area (Å²) in [6, 6.07) is 3.58. The molecule has 0 bridgehead atoms. The smallest absolute Gasteiger partial charge is 0.352 e. The lowest BCUT2D eigenvalue weighted by molar-refractivity contribution is -0.133. The molecule has 1 aromatic rings. The van der Waals surface area contributed by atoms with Crippen molar-refractivity contribution in [3.63, 3.8) is 0 Å². The van der Waals surface area contributed by atoms with Gasteiger partial charge in [-0.1, -0.05) is 11.8 Å². The molecule has 0 amide bonds. The molecule has 2 rings (SSSR count). The number of nitrogens with one attached hydrogen (secondary N) is 1. The van der Waals surface area contributed by atoms with Crippen LogP contribution in [-0.2, 0) is 4.79 Å². The highest BCUT2D eigenvalue weighted by atomic mass is 32.2. The molecule has 4 nitrogen and oxygen atoms in total. The van der Waals surface area contributed by atoms with Gasteiger partial charge in [0.05, 0.1) is 6.26 Å². The van der Waals surface area contributed by atoms with E-state index in [2.05, 4.69) is 5.32 Å². The highest BCUT2D eigenvalue weighted by Crippen LogP contribution is 2.33. The van der Waals surface area contributed by atoms with E-state index in [1.807, 2.05) is 6.07 Å². The van der Waals surface area contributed by atoms with E-state index >= 15 is 0 Å². The van der Waals surface area contributed by atoms with Gasteiger partial charge in [0.25, 0.3) is 0 Å². The summed E-state index contributed by atoms with van der Waals surface area (Å²) >= 11 is 1.39. The lowest BCUT2D eigenvalue weighted by Crippen LogP contribution is -2.18. The molecule has 0 fully saturated rings. The van der Waals surface area contributed by atoms with Gasteiger partial charge in [-0.05, 0) is 12.1 Å². The maximum Gasteiger partial charge on any atom is 0.352 e. The lowest BCUT2D eigenvalue weighted by Gasteiger charge is -2.07. The van der Waals surface area contributed by atoms with Crippen molar-refractivity contribution in [3.05, 3.63) is 35.3 Å². The topological polar surface area (TPSA) is 62.5 Å². The third-order valence-electron chi connectivity index (χ3n) is 1.64. The maximum atomic E-state index is 10.5. The second-order valence-electron chi connectivity index (χ2n) is 2.51. The minimum atomic E-state index is -0.943. The van der Waals surface area contributed by atoms with E-state index in [1.165, 1.54) is 11.8 Å². The number of carbonyl (C=O) groups is 1. The summed E-state index contributed by atoms with van der Waals surface area (Å²) in [5, 5.41) is 12.9. The quantitative estimate of drug-likeness (QED) is 0.753. The molecule has 2 heterocycles. The first-order valence-corrected chi connectivity index (χ1v) is 4.60. The van der Waals surface area contributed by atoms with Crippen molar-refractivity contribution in [2.24, 2.45) is 0 Å². The molecule has 1 unspecified atom stereocenters. The predicted molar refractivity (Wildman–Crippen MR) is 47.9 cm³/mol. The van der Waals surface area contributed by atoms with Crippen LogP contribution < -0.4 is 5.32 Å². The van der Waals surface area contributed by atoms with Crippen LogP contribution in [0.4, 0.5) is 0 Å². The zero-order valence-electron chi connectivity index (χ0n) is 6.56. The highest BCUT2D eigenvalue weighted by molar-refractivity contribution is 8.02.